The van der Waals surface area contributed by atoms with E-state index in [1.165, 1.54) is 12.1 Å². The molecule has 0 spiro atoms. The summed E-state index contributed by atoms with van der Waals surface area (Å²) in [4.78, 5) is 26.9. The van der Waals surface area contributed by atoms with Crippen molar-refractivity contribution < 1.29 is 22.5 Å². The van der Waals surface area contributed by atoms with Crippen LogP contribution in [0.15, 0.2) is 71.5 Å². The van der Waals surface area contributed by atoms with E-state index in [0.29, 0.717) is 13.1 Å². The van der Waals surface area contributed by atoms with Crippen molar-refractivity contribution in [3.8, 4) is 22.0 Å². The minimum Gasteiger partial charge on any atom is -0.373 e. The number of fused-ring (bicyclic) bond motifs is 1. The van der Waals surface area contributed by atoms with Crippen molar-refractivity contribution in [2.45, 2.75) is 6.18 Å². The third-order valence-electron chi connectivity index (χ3n) is 5.50. The molecule has 8 nitrogen and oxygen atoms in total. The van der Waals surface area contributed by atoms with Gasteiger partial charge in [-0.05, 0) is 42.5 Å². The molecule has 3 aromatic heterocycles. The second-order valence-electron chi connectivity index (χ2n) is 8.09. The van der Waals surface area contributed by atoms with E-state index in [2.05, 4.69) is 25.0 Å². The first-order valence-corrected chi connectivity index (χ1v) is 11.9. The molecule has 1 amide bonds. The van der Waals surface area contributed by atoms with Crippen molar-refractivity contribution in [3.63, 3.8) is 0 Å². The van der Waals surface area contributed by atoms with Gasteiger partial charge < -0.3 is 14.7 Å². The Kier molecular flexibility index (Phi) is 6.57. The summed E-state index contributed by atoms with van der Waals surface area (Å²) in [7, 11) is 1.91. The van der Waals surface area contributed by atoms with Gasteiger partial charge in [0.2, 0.25) is 5.82 Å². The highest BCUT2D eigenvalue weighted by molar-refractivity contribution is 7.21. The quantitative estimate of drug-likeness (QED) is 0.309. The second-order valence-corrected chi connectivity index (χ2v) is 9.12. The fraction of sp³-hybridized carbons (Fsp3) is 0.160. The highest BCUT2D eigenvalue weighted by Crippen LogP contribution is 2.32. The minimum absolute atomic E-state index is 0.242. The lowest BCUT2D eigenvalue weighted by Gasteiger charge is -2.19. The lowest BCUT2D eigenvalue weighted by molar-refractivity contribution is -0.159. The van der Waals surface area contributed by atoms with Gasteiger partial charge in [-0.2, -0.15) is 18.2 Å². The molecule has 3 heterocycles. The first-order valence-electron chi connectivity index (χ1n) is 11.1. The average molecular weight is 525 g/mol. The number of pyridine rings is 1. The number of benzene rings is 2. The van der Waals surface area contributed by atoms with Gasteiger partial charge in [-0.1, -0.05) is 17.3 Å². The lowest BCUT2D eigenvalue weighted by atomic mass is 10.1. The van der Waals surface area contributed by atoms with E-state index in [1.54, 1.807) is 35.9 Å². The Balaban J connectivity index is 1.21. The molecule has 1 N–H and O–H groups in total. The second kappa shape index (κ2) is 9.97. The molecule has 0 aliphatic heterocycles. The molecule has 0 saturated heterocycles. The number of thiazole rings is 1. The Morgan fingerprint density at radius 3 is 2.68 bits per heavy atom. The Bertz CT molecular complexity index is 1550. The Morgan fingerprint density at radius 2 is 1.92 bits per heavy atom. The van der Waals surface area contributed by atoms with Crippen LogP contribution in [0.2, 0.25) is 0 Å². The summed E-state index contributed by atoms with van der Waals surface area (Å²) >= 11 is 1.60. The van der Waals surface area contributed by atoms with Crippen LogP contribution in [0.25, 0.3) is 32.2 Å². The number of anilines is 1. The maximum Gasteiger partial charge on any atom is 0.471 e. The van der Waals surface area contributed by atoms with Gasteiger partial charge in [-0.25, -0.2) is 4.98 Å². The van der Waals surface area contributed by atoms with Crippen LogP contribution in [0.1, 0.15) is 16.2 Å². The van der Waals surface area contributed by atoms with Crippen LogP contribution in [-0.4, -0.2) is 46.2 Å². The first kappa shape index (κ1) is 24.4. The first-order chi connectivity index (χ1) is 17.8. The fourth-order valence-electron chi connectivity index (χ4n) is 3.59. The molecule has 37 heavy (non-hydrogen) atoms. The molecule has 188 valence electrons. The summed E-state index contributed by atoms with van der Waals surface area (Å²) in [5.41, 5.74) is 3.30. The van der Waals surface area contributed by atoms with Crippen LogP contribution >= 0.6 is 11.3 Å². The molecule has 0 bridgehead atoms. The summed E-state index contributed by atoms with van der Waals surface area (Å²) in [6.07, 6.45) is -1.23. The van der Waals surface area contributed by atoms with Crippen LogP contribution in [0.4, 0.5) is 18.9 Å². The number of amides is 1. The van der Waals surface area contributed by atoms with Crippen LogP contribution in [-0.2, 0) is 6.18 Å². The van der Waals surface area contributed by atoms with E-state index in [9.17, 15) is 18.0 Å². The van der Waals surface area contributed by atoms with E-state index in [0.717, 1.165) is 26.5 Å². The van der Waals surface area contributed by atoms with E-state index in [4.69, 9.17) is 4.98 Å². The zero-order valence-electron chi connectivity index (χ0n) is 19.4. The smallest absolute Gasteiger partial charge is 0.373 e. The number of hydrogen-bond donors (Lipinski definition) is 1. The average Bonchev–Trinajstić information content (AvgIpc) is 3.57. The number of rotatable bonds is 7. The molecular weight excluding hydrogens is 505 g/mol. The van der Waals surface area contributed by atoms with Gasteiger partial charge >= 0.3 is 12.1 Å². The van der Waals surface area contributed by atoms with Crippen molar-refractivity contribution >= 4 is 33.1 Å². The van der Waals surface area contributed by atoms with Crippen LogP contribution in [0.3, 0.4) is 0 Å². The Morgan fingerprint density at radius 1 is 1.08 bits per heavy atom. The number of aromatic nitrogens is 4. The number of carbonyl (C=O) groups is 1. The monoisotopic (exact) mass is 524 g/mol. The summed E-state index contributed by atoms with van der Waals surface area (Å²) in [6, 6.07) is 15.9. The van der Waals surface area contributed by atoms with Gasteiger partial charge in [-0.15, -0.1) is 11.3 Å². The van der Waals surface area contributed by atoms with Crippen LogP contribution in [0.5, 0.6) is 0 Å². The van der Waals surface area contributed by atoms with Gasteiger partial charge in [0.15, 0.2) is 0 Å². The molecule has 12 heteroatoms. The number of likely N-dealkylation sites (N-methyl/N-ethyl adjacent to an activating group) is 1. The number of alkyl halides is 3. The largest absolute Gasteiger partial charge is 0.471 e. The topological polar surface area (TPSA) is 97.0 Å². The Labute approximate surface area is 212 Å². The standard InChI is InChI=1S/C25H19F3N6O2S/c1-34(18-7-8-20-19(13-18)31-23(37-20)17-6-3-9-29-14-17)11-10-30-22(35)16-5-2-4-15(12-16)21-32-24(36-33-21)25(26,27)28/h2-9,12-14H,10-11H2,1H3,(H,30,35). The van der Waals surface area contributed by atoms with Gasteiger partial charge in [0.1, 0.15) is 5.01 Å². The van der Waals surface area contributed by atoms with Crippen molar-refractivity contribution in [2.24, 2.45) is 0 Å². The van der Waals surface area contributed by atoms with Crippen molar-refractivity contribution in [3.05, 3.63) is 78.4 Å². The SMILES string of the molecule is CN(CCNC(=O)c1cccc(-c2noc(C(F)(F)F)n2)c1)c1ccc2sc(-c3cccnc3)nc2c1. The normalized spacial score (nSPS) is 11.6. The summed E-state index contributed by atoms with van der Waals surface area (Å²) in [5.74, 6) is -2.05. The fourth-order valence-corrected chi connectivity index (χ4v) is 4.53. The Hall–Kier alpha value is -4.32. The van der Waals surface area contributed by atoms with Gasteiger partial charge in [0.05, 0.1) is 10.2 Å². The number of carbonyl (C=O) groups excluding carboxylic acids is 1. The van der Waals surface area contributed by atoms with Gasteiger partial charge in [0.25, 0.3) is 5.91 Å². The third-order valence-corrected chi connectivity index (χ3v) is 6.59. The molecule has 0 aliphatic rings. The molecular formula is C25H19F3N6O2S. The zero-order chi connectivity index (χ0) is 26.0. The molecule has 0 atom stereocenters. The number of nitrogens with one attached hydrogen (secondary N) is 1. The van der Waals surface area contributed by atoms with E-state index >= 15 is 0 Å². The van der Waals surface area contributed by atoms with Crippen LogP contribution < -0.4 is 10.2 Å². The molecule has 0 unspecified atom stereocenters. The predicted octanol–water partition coefficient (Wildman–Crippen LogP) is 5.29. The summed E-state index contributed by atoms with van der Waals surface area (Å²) in [5, 5.41) is 7.08. The number of halogens is 3. The number of hydrogen-bond acceptors (Lipinski definition) is 8. The minimum atomic E-state index is -4.74. The number of nitrogens with zero attached hydrogens (tertiary/aromatic N) is 5. The van der Waals surface area contributed by atoms with E-state index < -0.39 is 12.1 Å². The summed E-state index contributed by atoms with van der Waals surface area (Å²) in [6.45, 7) is 0.867. The molecule has 0 fully saturated rings. The zero-order valence-corrected chi connectivity index (χ0v) is 20.2. The van der Waals surface area contributed by atoms with Crippen molar-refractivity contribution in [2.75, 3.05) is 25.0 Å². The van der Waals surface area contributed by atoms with E-state index in [1.807, 2.05) is 42.3 Å². The third kappa shape index (κ3) is 5.43. The highest BCUT2D eigenvalue weighted by atomic mass is 32.1. The van der Waals surface area contributed by atoms with Crippen molar-refractivity contribution in [1.82, 2.24) is 25.4 Å². The highest BCUT2D eigenvalue weighted by Gasteiger charge is 2.38. The maximum atomic E-state index is 12.7. The predicted molar refractivity (Wildman–Crippen MR) is 133 cm³/mol. The molecule has 5 rings (SSSR count). The molecule has 5 aromatic rings. The molecule has 0 saturated carbocycles. The molecule has 0 aliphatic carbocycles. The van der Waals surface area contributed by atoms with Crippen LogP contribution in [0, 0.1) is 0 Å². The van der Waals surface area contributed by atoms with E-state index in [-0.39, 0.29) is 22.9 Å². The van der Waals surface area contributed by atoms with Gasteiger partial charge in [0, 0.05) is 54.9 Å². The molecule has 2 aromatic carbocycles. The summed E-state index contributed by atoms with van der Waals surface area (Å²) < 4.78 is 43.5. The van der Waals surface area contributed by atoms with Crippen molar-refractivity contribution in [1.29, 1.82) is 0 Å². The lowest BCUT2D eigenvalue weighted by Crippen LogP contribution is -2.33. The maximum absolute atomic E-state index is 12.7. The van der Waals surface area contributed by atoms with Gasteiger partial charge in [-0.3, -0.25) is 9.78 Å². The molecule has 0 radical (unpaired) electrons.